The van der Waals surface area contributed by atoms with E-state index in [1.54, 1.807) is 13.8 Å². The number of nitrogens with zero attached hydrogens (tertiary/aromatic N) is 1. The molecule has 20 heteroatoms. The Morgan fingerprint density at radius 2 is 1.71 bits per heavy atom. The molecule has 1 aliphatic heterocycles. The number of nitrogens with two attached hydrogens (primary N) is 3. The zero-order valence-corrected chi connectivity index (χ0v) is 27.1. The van der Waals surface area contributed by atoms with E-state index in [2.05, 4.69) is 31.6 Å². The largest absolute Gasteiger partial charge is 0.481 e. The number of nitrogens with one attached hydrogen (secondary N) is 6. The predicted molar refractivity (Wildman–Crippen MR) is 169 cm³/mol. The van der Waals surface area contributed by atoms with Gasteiger partial charge < -0.3 is 48.9 Å². The zero-order chi connectivity index (χ0) is 34.5. The van der Waals surface area contributed by atoms with Gasteiger partial charge >= 0.3 is 5.97 Å². The molecule has 1 fully saturated rings. The Hall–Kier alpha value is -4.07. The minimum atomic E-state index is -1.85. The third-order valence-electron chi connectivity index (χ3n) is 6.48. The summed E-state index contributed by atoms with van der Waals surface area (Å²) in [5, 5.41) is 29.4. The van der Waals surface area contributed by atoms with Gasteiger partial charge in [-0.2, -0.15) is 0 Å². The number of amidine groups is 1. The first kappa shape index (κ1) is 39.0. The summed E-state index contributed by atoms with van der Waals surface area (Å²) in [5.74, 6) is -6.68. The zero-order valence-electron chi connectivity index (χ0n) is 25.5. The molecule has 0 radical (unpaired) electrons. The first-order chi connectivity index (χ1) is 20.8. The minimum absolute atomic E-state index is 0.0575. The third-order valence-corrected chi connectivity index (χ3v) is 9.78. The maximum atomic E-state index is 13.7. The summed E-state index contributed by atoms with van der Waals surface area (Å²) in [6, 6.07) is -3.95. The second kappa shape index (κ2) is 17.4. The van der Waals surface area contributed by atoms with Crippen molar-refractivity contribution in [2.24, 2.45) is 22.2 Å². The van der Waals surface area contributed by atoms with E-state index in [-0.39, 0.29) is 43.4 Å². The number of Topliss-reactive ketones (excluding diaryl/α,β-unsaturated/α-hetero) is 1. The lowest BCUT2D eigenvalue weighted by Crippen LogP contribution is -2.64. The van der Waals surface area contributed by atoms with Crippen LogP contribution in [-0.2, 0) is 33.6 Å². The summed E-state index contributed by atoms with van der Waals surface area (Å²) in [7, 11) is 2.21. The number of rotatable bonds is 10. The molecule has 1 aliphatic rings. The van der Waals surface area contributed by atoms with Crippen molar-refractivity contribution in [3.05, 3.63) is 0 Å². The Kier molecular flexibility index (Phi) is 15.1. The molecule has 0 aromatic rings. The molecule has 1 rings (SSSR count). The Morgan fingerprint density at radius 3 is 2.24 bits per heavy atom. The highest BCUT2D eigenvalue weighted by Crippen LogP contribution is 2.39. The molecule has 1 heterocycles. The number of carboxylic acid groups (broad SMARTS) is 1. The maximum Gasteiger partial charge on any atom is 0.305 e. The molecule has 252 valence electrons. The highest BCUT2D eigenvalue weighted by molar-refractivity contribution is 8.77. The number of amides is 5. The van der Waals surface area contributed by atoms with E-state index in [9.17, 15) is 38.7 Å². The molecule has 0 aromatic heterocycles. The van der Waals surface area contributed by atoms with E-state index < -0.39 is 82.7 Å². The number of ketones is 1. The van der Waals surface area contributed by atoms with Gasteiger partial charge in [-0.15, -0.1) is 0 Å². The fraction of sp³-hybridized carbons (Fsp3) is 0.640. The van der Waals surface area contributed by atoms with E-state index in [0.29, 0.717) is 0 Å². The summed E-state index contributed by atoms with van der Waals surface area (Å²) in [6.07, 6.45) is -1.44. The van der Waals surface area contributed by atoms with Crippen molar-refractivity contribution in [2.45, 2.75) is 81.8 Å². The number of hydrogen-bond acceptors (Lipinski definition) is 11. The fourth-order valence-electron chi connectivity index (χ4n) is 4.28. The highest BCUT2D eigenvalue weighted by Gasteiger charge is 2.42. The van der Waals surface area contributed by atoms with Crippen LogP contribution in [0.25, 0.3) is 0 Å². The van der Waals surface area contributed by atoms with Gasteiger partial charge in [-0.1, -0.05) is 21.6 Å². The van der Waals surface area contributed by atoms with Gasteiger partial charge in [0.1, 0.15) is 23.7 Å². The molecule has 0 aromatic carbocycles. The van der Waals surface area contributed by atoms with Crippen LogP contribution in [0.4, 0.5) is 0 Å². The van der Waals surface area contributed by atoms with Crippen LogP contribution in [0.2, 0.25) is 0 Å². The second-order valence-corrected chi connectivity index (χ2v) is 13.8. The lowest BCUT2D eigenvalue weighted by molar-refractivity contribution is -0.141. The average molecular weight is 675 g/mol. The smallest absolute Gasteiger partial charge is 0.305 e. The normalized spacial score (nSPS) is 24.8. The van der Waals surface area contributed by atoms with Crippen LogP contribution in [0.15, 0.2) is 4.99 Å². The lowest BCUT2D eigenvalue weighted by atomic mass is 9.87. The molecule has 0 spiro atoms. The Morgan fingerprint density at radius 1 is 1.07 bits per heavy atom. The number of carbonyl (C=O) groups excluding carboxylic acids is 6. The van der Waals surface area contributed by atoms with Crippen LogP contribution in [0.3, 0.4) is 0 Å². The van der Waals surface area contributed by atoms with Crippen LogP contribution in [0.1, 0.15) is 53.4 Å². The van der Waals surface area contributed by atoms with Gasteiger partial charge in [0.2, 0.25) is 29.5 Å². The Labute approximate surface area is 267 Å². The molecular weight excluding hydrogens is 632 g/mol. The van der Waals surface area contributed by atoms with Gasteiger partial charge in [0.25, 0.3) is 0 Å². The lowest BCUT2D eigenvalue weighted by Gasteiger charge is -2.35. The number of hydrogen-bond donors (Lipinski definition) is 10. The van der Waals surface area contributed by atoms with Crippen LogP contribution in [0.5, 0.6) is 0 Å². The van der Waals surface area contributed by atoms with E-state index in [4.69, 9.17) is 22.6 Å². The highest BCUT2D eigenvalue weighted by atomic mass is 33.1. The molecule has 4 atom stereocenters. The summed E-state index contributed by atoms with van der Waals surface area (Å²) in [5.41, 5.74) is 14.6. The van der Waals surface area contributed by atoms with Crippen molar-refractivity contribution in [2.75, 3.05) is 18.8 Å². The number of aliphatic carboxylic acids is 1. The molecule has 0 unspecified atom stereocenters. The van der Waals surface area contributed by atoms with Crippen LogP contribution < -0.4 is 43.8 Å². The van der Waals surface area contributed by atoms with E-state index in [1.807, 2.05) is 0 Å². The number of carbonyl (C=O) groups is 7. The van der Waals surface area contributed by atoms with Crippen molar-refractivity contribution >= 4 is 74.7 Å². The molecule has 45 heavy (non-hydrogen) atoms. The number of aliphatic imine (C=N–C) groups is 1. The van der Waals surface area contributed by atoms with E-state index in [0.717, 1.165) is 21.6 Å². The Balaban J connectivity index is 3.69. The molecule has 0 bridgehead atoms. The summed E-state index contributed by atoms with van der Waals surface area (Å²) in [4.78, 5) is 93.3. The van der Waals surface area contributed by atoms with Gasteiger partial charge in [0.15, 0.2) is 11.7 Å². The third kappa shape index (κ3) is 13.2. The minimum Gasteiger partial charge on any atom is -0.481 e. The molecule has 0 aliphatic carbocycles. The van der Waals surface area contributed by atoms with Gasteiger partial charge in [0, 0.05) is 30.4 Å². The monoisotopic (exact) mass is 674 g/mol. The van der Waals surface area contributed by atoms with Crippen LogP contribution >= 0.6 is 21.6 Å². The quantitative estimate of drug-likeness (QED) is 0.0630. The van der Waals surface area contributed by atoms with Crippen molar-refractivity contribution in [3.63, 3.8) is 0 Å². The number of guanidine groups is 1. The van der Waals surface area contributed by atoms with Crippen molar-refractivity contribution in [1.82, 2.24) is 26.6 Å². The topological polar surface area (TPSA) is 314 Å². The van der Waals surface area contributed by atoms with Gasteiger partial charge in [-0.3, -0.25) is 44.0 Å². The van der Waals surface area contributed by atoms with Gasteiger partial charge in [-0.05, 0) is 33.6 Å². The molecule has 5 amide bonds. The molecule has 0 saturated carbocycles. The van der Waals surface area contributed by atoms with Crippen molar-refractivity contribution in [1.29, 1.82) is 5.41 Å². The predicted octanol–water partition coefficient (Wildman–Crippen LogP) is -2.95. The summed E-state index contributed by atoms with van der Waals surface area (Å²) in [6.45, 7) is 4.78. The fourth-order valence-corrected chi connectivity index (χ4v) is 7.15. The van der Waals surface area contributed by atoms with Crippen LogP contribution in [-0.4, -0.2) is 105 Å². The van der Waals surface area contributed by atoms with Crippen molar-refractivity contribution < 1.29 is 38.7 Å². The second-order valence-electron chi connectivity index (χ2n) is 10.8. The molecule has 13 N–H and O–H groups in total. The first-order valence-electron chi connectivity index (χ1n) is 13.7. The molecule has 1 saturated heterocycles. The number of carboxylic acids is 1. The summed E-state index contributed by atoms with van der Waals surface area (Å²) >= 11 is 0. The molecule has 18 nitrogen and oxygen atoms in total. The van der Waals surface area contributed by atoms with E-state index in [1.165, 1.54) is 13.8 Å². The van der Waals surface area contributed by atoms with Gasteiger partial charge in [0.05, 0.1) is 18.8 Å². The standard InChI is InChI=1S/C25H42N10O8S2/c1-12(36)19-24(3,4)45-44-11-15(32-13(2)37)21(42)35-25(6-5-16(26)27,7-8-30-23(28)29)22(43)31-10-17(38)33-14(9-18(39)40)20(41)34-19/h14-15,19H,5-11H2,1-4H3,(H3,26,27)(H,31,43)(H,32,37)(H,33,38)(H,34,41)(H,35,42)(H,39,40)(H4,28,29,30)/t14-,15+,19-,25-/m0/s1. The van der Waals surface area contributed by atoms with Crippen molar-refractivity contribution in [3.8, 4) is 0 Å². The SMILES string of the molecule is CC(=O)N[C@@H]1CSSC(C)(C)[C@H](C(C)=O)NC(=O)[C@H](CC(=O)O)NC(=O)CNC(=O)[C@@](CCN=C(N)N)(CCC(=N)N)NC1=O. The van der Waals surface area contributed by atoms with Gasteiger partial charge in [-0.25, -0.2) is 0 Å². The van der Waals surface area contributed by atoms with Crippen LogP contribution in [0, 0.1) is 5.41 Å². The van der Waals surface area contributed by atoms with E-state index >= 15 is 0 Å². The summed E-state index contributed by atoms with van der Waals surface area (Å²) < 4.78 is -1.03. The Bertz CT molecular complexity index is 1210. The maximum absolute atomic E-state index is 13.7. The average Bonchev–Trinajstić information content (AvgIpc) is 2.90. The first-order valence-corrected chi connectivity index (χ1v) is 16.0. The molecular formula is C25H42N10O8S2.